The Kier molecular flexibility index (Phi) is 3.95. The van der Waals surface area contributed by atoms with Crippen molar-refractivity contribution in [2.45, 2.75) is 18.6 Å². The van der Waals surface area contributed by atoms with Gasteiger partial charge in [-0.1, -0.05) is 27.7 Å². The monoisotopic (exact) mass is 365 g/mol. The number of amides is 1. The summed E-state index contributed by atoms with van der Waals surface area (Å²) in [6.45, 7) is 2.02. The molecule has 1 unspecified atom stereocenters. The maximum atomic E-state index is 12.2. The molecule has 0 saturated carbocycles. The predicted molar refractivity (Wildman–Crippen MR) is 86.3 cm³/mol. The van der Waals surface area contributed by atoms with Gasteiger partial charge in [0.25, 0.3) is 0 Å². The van der Waals surface area contributed by atoms with E-state index in [1.165, 1.54) is 25.0 Å². The molecule has 0 bridgehead atoms. The van der Waals surface area contributed by atoms with E-state index in [1.807, 2.05) is 18.2 Å². The van der Waals surface area contributed by atoms with Gasteiger partial charge in [-0.2, -0.15) is 0 Å². The Labute approximate surface area is 134 Å². The van der Waals surface area contributed by atoms with Gasteiger partial charge in [0.2, 0.25) is 5.91 Å². The SMILES string of the molecule is CC(=O)SC1CC(=O)N(c2ncnc3ccc(Br)cc23)C1. The molecule has 2 aromatic rings. The second-order valence-corrected chi connectivity index (χ2v) is 7.19. The number of rotatable bonds is 2. The number of hydrogen-bond donors (Lipinski definition) is 0. The molecule has 1 fully saturated rings. The lowest BCUT2D eigenvalue weighted by Crippen LogP contribution is -2.26. The first-order chi connectivity index (χ1) is 10.0. The molecular weight excluding hydrogens is 354 g/mol. The second kappa shape index (κ2) is 5.73. The smallest absolute Gasteiger partial charge is 0.229 e. The third kappa shape index (κ3) is 2.94. The Morgan fingerprint density at radius 2 is 2.24 bits per heavy atom. The van der Waals surface area contributed by atoms with Crippen molar-refractivity contribution in [2.24, 2.45) is 0 Å². The molecule has 1 aromatic carbocycles. The molecular formula is C14H12BrN3O2S. The molecule has 0 radical (unpaired) electrons. The largest absolute Gasteiger partial charge is 0.295 e. The molecule has 1 saturated heterocycles. The Morgan fingerprint density at radius 1 is 1.43 bits per heavy atom. The minimum Gasteiger partial charge on any atom is -0.295 e. The summed E-state index contributed by atoms with van der Waals surface area (Å²) in [5, 5.41) is 0.853. The van der Waals surface area contributed by atoms with Crippen LogP contribution in [-0.4, -0.2) is 32.8 Å². The second-order valence-electron chi connectivity index (χ2n) is 4.80. The van der Waals surface area contributed by atoms with Crippen LogP contribution in [0.4, 0.5) is 5.82 Å². The van der Waals surface area contributed by atoms with Gasteiger partial charge in [0.15, 0.2) is 5.12 Å². The van der Waals surface area contributed by atoms with Gasteiger partial charge in [-0.15, -0.1) is 0 Å². The first-order valence-corrected chi connectivity index (χ1v) is 8.09. The van der Waals surface area contributed by atoms with Crippen molar-refractivity contribution in [3.05, 3.63) is 29.0 Å². The van der Waals surface area contributed by atoms with Gasteiger partial charge in [0.05, 0.1) is 5.52 Å². The lowest BCUT2D eigenvalue weighted by atomic mass is 10.2. The van der Waals surface area contributed by atoms with Gasteiger partial charge in [0.1, 0.15) is 12.1 Å². The minimum atomic E-state index is -0.00725. The molecule has 21 heavy (non-hydrogen) atoms. The van der Waals surface area contributed by atoms with Gasteiger partial charge in [-0.05, 0) is 18.2 Å². The number of fused-ring (bicyclic) bond motifs is 1. The zero-order valence-electron chi connectivity index (χ0n) is 11.2. The van der Waals surface area contributed by atoms with E-state index < -0.39 is 0 Å². The Hall–Kier alpha value is -1.47. The van der Waals surface area contributed by atoms with Gasteiger partial charge in [-0.25, -0.2) is 9.97 Å². The average molecular weight is 366 g/mol. The normalized spacial score (nSPS) is 18.5. The third-order valence-electron chi connectivity index (χ3n) is 3.25. The van der Waals surface area contributed by atoms with Crippen LogP contribution in [-0.2, 0) is 9.59 Å². The third-order valence-corrected chi connectivity index (χ3v) is 4.73. The van der Waals surface area contributed by atoms with Crippen molar-refractivity contribution in [1.29, 1.82) is 0 Å². The van der Waals surface area contributed by atoms with Crippen molar-refractivity contribution in [1.82, 2.24) is 9.97 Å². The van der Waals surface area contributed by atoms with Crippen molar-refractivity contribution < 1.29 is 9.59 Å². The zero-order valence-corrected chi connectivity index (χ0v) is 13.6. The van der Waals surface area contributed by atoms with Crippen molar-refractivity contribution >= 4 is 55.4 Å². The molecule has 1 aromatic heterocycles. The molecule has 0 spiro atoms. The number of carbonyl (C=O) groups is 2. The van der Waals surface area contributed by atoms with Crippen LogP contribution in [0.15, 0.2) is 29.0 Å². The van der Waals surface area contributed by atoms with Crippen LogP contribution in [0, 0.1) is 0 Å². The molecule has 1 amide bonds. The Balaban J connectivity index is 1.99. The van der Waals surface area contributed by atoms with Crippen LogP contribution in [0.1, 0.15) is 13.3 Å². The highest BCUT2D eigenvalue weighted by atomic mass is 79.9. The number of benzene rings is 1. The fraction of sp³-hybridized carbons (Fsp3) is 0.286. The van der Waals surface area contributed by atoms with E-state index in [2.05, 4.69) is 25.9 Å². The summed E-state index contributed by atoms with van der Waals surface area (Å²) in [6, 6.07) is 5.69. The molecule has 0 N–H and O–H groups in total. The lowest BCUT2D eigenvalue weighted by Gasteiger charge is -2.17. The van der Waals surface area contributed by atoms with Crippen LogP contribution < -0.4 is 4.90 Å². The van der Waals surface area contributed by atoms with E-state index in [9.17, 15) is 9.59 Å². The number of thioether (sulfide) groups is 1. The van der Waals surface area contributed by atoms with Crippen LogP contribution in [0.25, 0.3) is 10.9 Å². The van der Waals surface area contributed by atoms with Crippen molar-refractivity contribution in [2.75, 3.05) is 11.4 Å². The summed E-state index contributed by atoms with van der Waals surface area (Å²) < 4.78 is 0.910. The summed E-state index contributed by atoms with van der Waals surface area (Å²) in [4.78, 5) is 33.6. The molecule has 1 aliphatic rings. The Bertz CT molecular complexity index is 737. The van der Waals surface area contributed by atoms with Crippen LogP contribution >= 0.6 is 27.7 Å². The van der Waals surface area contributed by atoms with E-state index >= 15 is 0 Å². The molecule has 5 nitrogen and oxygen atoms in total. The Morgan fingerprint density at radius 3 is 3.00 bits per heavy atom. The minimum absolute atomic E-state index is 0.00581. The zero-order chi connectivity index (χ0) is 15.0. The summed E-state index contributed by atoms with van der Waals surface area (Å²) in [7, 11) is 0. The molecule has 3 rings (SSSR count). The maximum absolute atomic E-state index is 12.2. The highest BCUT2D eigenvalue weighted by molar-refractivity contribution is 9.10. The van der Waals surface area contributed by atoms with Gasteiger partial charge < -0.3 is 0 Å². The molecule has 2 heterocycles. The average Bonchev–Trinajstić information content (AvgIpc) is 2.77. The first kappa shape index (κ1) is 14.5. The summed E-state index contributed by atoms with van der Waals surface area (Å²) >= 11 is 4.65. The summed E-state index contributed by atoms with van der Waals surface area (Å²) in [5.41, 5.74) is 0.790. The molecule has 1 atom stereocenters. The van der Waals surface area contributed by atoms with Gasteiger partial charge in [0, 0.05) is 35.0 Å². The predicted octanol–water partition coefficient (Wildman–Crippen LogP) is 2.78. The number of carbonyl (C=O) groups excluding carboxylic acids is 2. The highest BCUT2D eigenvalue weighted by Crippen LogP contribution is 2.32. The fourth-order valence-electron chi connectivity index (χ4n) is 2.42. The summed E-state index contributed by atoms with van der Waals surface area (Å²) in [6.07, 6.45) is 1.83. The topological polar surface area (TPSA) is 63.2 Å². The number of nitrogens with zero attached hydrogens (tertiary/aromatic N) is 3. The van der Waals surface area contributed by atoms with E-state index in [-0.39, 0.29) is 16.3 Å². The van der Waals surface area contributed by atoms with Crippen LogP contribution in [0.2, 0.25) is 0 Å². The quantitative estimate of drug-likeness (QED) is 0.818. The number of halogens is 1. The molecule has 108 valence electrons. The standard InChI is InChI=1S/C14H12BrN3O2S/c1-8(19)21-10-5-13(20)18(6-10)14-11-4-9(15)2-3-12(11)16-7-17-14/h2-4,7,10H,5-6H2,1H3. The fourth-order valence-corrected chi connectivity index (χ4v) is 3.70. The van der Waals surface area contributed by atoms with E-state index in [0.29, 0.717) is 18.8 Å². The van der Waals surface area contributed by atoms with Crippen LogP contribution in [0.3, 0.4) is 0 Å². The number of hydrogen-bond acceptors (Lipinski definition) is 5. The summed E-state index contributed by atoms with van der Waals surface area (Å²) in [5.74, 6) is 0.603. The highest BCUT2D eigenvalue weighted by Gasteiger charge is 2.33. The lowest BCUT2D eigenvalue weighted by molar-refractivity contribution is -0.117. The number of aromatic nitrogens is 2. The van der Waals surface area contributed by atoms with Crippen LogP contribution in [0.5, 0.6) is 0 Å². The maximum Gasteiger partial charge on any atom is 0.229 e. The molecule has 1 aliphatic heterocycles. The molecule has 0 aliphatic carbocycles. The van der Waals surface area contributed by atoms with Gasteiger partial charge in [-0.3, -0.25) is 14.5 Å². The van der Waals surface area contributed by atoms with Gasteiger partial charge >= 0.3 is 0 Å². The van der Waals surface area contributed by atoms with E-state index in [1.54, 1.807) is 4.90 Å². The first-order valence-electron chi connectivity index (χ1n) is 6.42. The van der Waals surface area contributed by atoms with Crippen molar-refractivity contribution in [3.8, 4) is 0 Å². The van der Waals surface area contributed by atoms with E-state index in [4.69, 9.17) is 0 Å². The number of anilines is 1. The molecule has 7 heteroatoms. The van der Waals surface area contributed by atoms with Crippen molar-refractivity contribution in [3.63, 3.8) is 0 Å². The van der Waals surface area contributed by atoms with E-state index in [0.717, 1.165) is 15.4 Å².